The number of para-hydroxylation sites is 2. The number of likely N-dealkylation sites (tertiary alicyclic amines) is 1. The maximum atomic E-state index is 12.4. The van der Waals surface area contributed by atoms with E-state index in [-0.39, 0.29) is 31.0 Å². The lowest BCUT2D eigenvalue weighted by atomic mass is 10.0. The third kappa shape index (κ3) is 4.61. The molecule has 0 radical (unpaired) electrons. The molecule has 1 aliphatic heterocycles. The van der Waals surface area contributed by atoms with E-state index in [1.54, 1.807) is 41.1 Å². The number of aliphatic hydroxyl groups excluding tert-OH is 1. The minimum Gasteiger partial charge on any atom is -0.495 e. The number of benzene rings is 1. The van der Waals surface area contributed by atoms with Crippen LogP contribution in [-0.2, 0) is 4.79 Å². The maximum Gasteiger partial charge on any atom is 0.324 e. The number of aliphatic hydroxyl groups is 1. The smallest absolute Gasteiger partial charge is 0.324 e. The Balaban J connectivity index is 1.60. The molecule has 0 bridgehead atoms. The molecule has 3 amide bonds. The summed E-state index contributed by atoms with van der Waals surface area (Å²) in [7, 11) is 1.55. The van der Waals surface area contributed by atoms with Crippen molar-refractivity contribution in [2.75, 3.05) is 37.4 Å². The highest BCUT2D eigenvalue weighted by atomic mass is 16.5. The molecule has 1 aromatic heterocycles. The molecule has 3 N–H and O–H groups in total. The molecule has 2 aromatic rings. The molecule has 1 aromatic carbocycles. The fraction of sp³-hybridized carbons (Fsp3) is 0.421. The molecule has 1 fully saturated rings. The van der Waals surface area contributed by atoms with Gasteiger partial charge in [0.1, 0.15) is 11.6 Å². The van der Waals surface area contributed by atoms with Gasteiger partial charge in [0.25, 0.3) is 0 Å². The highest BCUT2D eigenvalue weighted by molar-refractivity contribution is 6.00. The number of urea groups is 1. The van der Waals surface area contributed by atoms with Crippen LogP contribution in [0.5, 0.6) is 5.75 Å². The summed E-state index contributed by atoms with van der Waals surface area (Å²) in [5, 5.41) is 18.9. The van der Waals surface area contributed by atoms with Gasteiger partial charge in [0.2, 0.25) is 5.91 Å². The number of hydrogen-bond acceptors (Lipinski definition) is 5. The van der Waals surface area contributed by atoms with Crippen molar-refractivity contribution in [3.63, 3.8) is 0 Å². The average molecular weight is 387 g/mol. The van der Waals surface area contributed by atoms with Crippen molar-refractivity contribution in [2.45, 2.75) is 25.3 Å². The third-order valence-corrected chi connectivity index (χ3v) is 4.76. The van der Waals surface area contributed by atoms with E-state index < -0.39 is 0 Å². The van der Waals surface area contributed by atoms with Crippen LogP contribution >= 0.6 is 0 Å². The Kier molecular flexibility index (Phi) is 6.49. The van der Waals surface area contributed by atoms with E-state index in [4.69, 9.17) is 9.84 Å². The van der Waals surface area contributed by atoms with E-state index >= 15 is 0 Å². The van der Waals surface area contributed by atoms with E-state index in [0.717, 1.165) is 12.8 Å². The summed E-state index contributed by atoms with van der Waals surface area (Å²) in [6.07, 6.45) is 3.27. The number of carbonyl (C=O) groups excluding carboxylic acids is 2. The second-order valence-corrected chi connectivity index (χ2v) is 6.53. The number of aromatic nitrogens is 2. The lowest BCUT2D eigenvalue weighted by Gasteiger charge is -2.32. The lowest BCUT2D eigenvalue weighted by Crippen LogP contribution is -2.39. The quantitative estimate of drug-likeness (QED) is 0.703. The van der Waals surface area contributed by atoms with E-state index in [1.807, 2.05) is 12.1 Å². The molecule has 9 nitrogen and oxygen atoms in total. The summed E-state index contributed by atoms with van der Waals surface area (Å²) in [6.45, 7) is 1.08. The van der Waals surface area contributed by atoms with Gasteiger partial charge in [-0.2, -0.15) is 5.10 Å². The number of ether oxygens (including phenoxy) is 1. The molecule has 2 heterocycles. The number of amides is 3. The number of nitrogens with one attached hydrogen (secondary N) is 2. The summed E-state index contributed by atoms with van der Waals surface area (Å²) < 4.78 is 7.03. The van der Waals surface area contributed by atoms with Crippen LogP contribution in [0.4, 0.5) is 16.3 Å². The number of anilines is 2. The van der Waals surface area contributed by atoms with Crippen molar-refractivity contribution in [1.82, 2.24) is 14.7 Å². The summed E-state index contributed by atoms with van der Waals surface area (Å²) in [5.41, 5.74) is 0.573. The predicted molar refractivity (Wildman–Crippen MR) is 104 cm³/mol. The average Bonchev–Trinajstić information content (AvgIpc) is 3.16. The Morgan fingerprint density at radius 3 is 2.68 bits per heavy atom. The van der Waals surface area contributed by atoms with Gasteiger partial charge in [-0.05, 0) is 25.0 Å². The zero-order valence-electron chi connectivity index (χ0n) is 15.8. The summed E-state index contributed by atoms with van der Waals surface area (Å²) in [5.74, 6) is 1.13. The first kappa shape index (κ1) is 19.7. The van der Waals surface area contributed by atoms with E-state index in [0.29, 0.717) is 30.3 Å². The van der Waals surface area contributed by atoms with Crippen molar-refractivity contribution in [3.05, 3.63) is 36.5 Å². The highest BCUT2D eigenvalue weighted by Gasteiger charge is 2.25. The maximum absolute atomic E-state index is 12.4. The van der Waals surface area contributed by atoms with Crippen LogP contribution in [0.3, 0.4) is 0 Å². The molecule has 150 valence electrons. The molecule has 0 unspecified atom stereocenters. The van der Waals surface area contributed by atoms with Gasteiger partial charge in [0.05, 0.1) is 31.6 Å². The topological polar surface area (TPSA) is 109 Å². The Morgan fingerprint density at radius 1 is 1.21 bits per heavy atom. The standard InChI is InChI=1S/C19H25N5O4/c1-28-16-5-3-2-4-15(16)21-19(27)22-17-6-10-20-24(17)14-7-11-23(12-8-14)18(26)9-13-25/h2-6,10,14,25H,7-9,11-13H2,1H3,(H2,21,22,27). The predicted octanol–water partition coefficient (Wildman–Crippen LogP) is 2.08. The number of rotatable bonds is 6. The second kappa shape index (κ2) is 9.23. The molecule has 0 spiro atoms. The van der Waals surface area contributed by atoms with E-state index in [1.165, 1.54) is 0 Å². The van der Waals surface area contributed by atoms with Crippen LogP contribution in [0.15, 0.2) is 36.5 Å². The van der Waals surface area contributed by atoms with Crippen LogP contribution < -0.4 is 15.4 Å². The third-order valence-electron chi connectivity index (χ3n) is 4.76. The fourth-order valence-electron chi connectivity index (χ4n) is 3.34. The van der Waals surface area contributed by atoms with Crippen LogP contribution in [0.2, 0.25) is 0 Å². The molecule has 1 saturated heterocycles. The Bertz CT molecular complexity index is 814. The Labute approximate surface area is 163 Å². The monoisotopic (exact) mass is 387 g/mol. The van der Waals surface area contributed by atoms with Gasteiger partial charge in [0, 0.05) is 25.6 Å². The zero-order chi connectivity index (χ0) is 19.9. The zero-order valence-corrected chi connectivity index (χ0v) is 15.8. The van der Waals surface area contributed by atoms with Crippen LogP contribution in [-0.4, -0.2) is 58.5 Å². The Hall–Kier alpha value is -3.07. The summed E-state index contributed by atoms with van der Waals surface area (Å²) >= 11 is 0. The lowest BCUT2D eigenvalue weighted by molar-refractivity contribution is -0.133. The first-order valence-corrected chi connectivity index (χ1v) is 9.25. The summed E-state index contributed by atoms with van der Waals surface area (Å²) in [4.78, 5) is 26.1. The number of nitrogens with zero attached hydrogens (tertiary/aromatic N) is 3. The van der Waals surface area contributed by atoms with Gasteiger partial charge in [-0.15, -0.1) is 0 Å². The minimum atomic E-state index is -0.387. The van der Waals surface area contributed by atoms with Gasteiger partial charge in [-0.1, -0.05) is 12.1 Å². The van der Waals surface area contributed by atoms with Gasteiger partial charge < -0.3 is 20.1 Å². The van der Waals surface area contributed by atoms with Crippen molar-refractivity contribution in [3.8, 4) is 5.75 Å². The van der Waals surface area contributed by atoms with Gasteiger partial charge in [0.15, 0.2) is 0 Å². The fourth-order valence-corrected chi connectivity index (χ4v) is 3.34. The number of methoxy groups -OCH3 is 1. The van der Waals surface area contributed by atoms with Crippen LogP contribution in [0, 0.1) is 0 Å². The van der Waals surface area contributed by atoms with Crippen LogP contribution in [0.1, 0.15) is 25.3 Å². The van der Waals surface area contributed by atoms with Crippen LogP contribution in [0.25, 0.3) is 0 Å². The van der Waals surface area contributed by atoms with Gasteiger partial charge in [-0.3, -0.25) is 10.1 Å². The number of hydrogen-bond donors (Lipinski definition) is 3. The molecule has 3 rings (SSSR count). The molecule has 1 aliphatic rings. The van der Waals surface area contributed by atoms with Gasteiger partial charge >= 0.3 is 6.03 Å². The SMILES string of the molecule is COc1ccccc1NC(=O)Nc1ccnn1C1CCN(C(=O)CCO)CC1. The number of carbonyl (C=O) groups is 2. The van der Waals surface area contributed by atoms with Crippen molar-refractivity contribution in [1.29, 1.82) is 0 Å². The molecular formula is C19H25N5O4. The minimum absolute atomic E-state index is 0.0315. The molecular weight excluding hydrogens is 362 g/mol. The van der Waals surface area contributed by atoms with Crippen molar-refractivity contribution >= 4 is 23.4 Å². The molecule has 0 aliphatic carbocycles. The first-order chi connectivity index (χ1) is 13.6. The Morgan fingerprint density at radius 2 is 1.96 bits per heavy atom. The molecule has 0 saturated carbocycles. The highest BCUT2D eigenvalue weighted by Crippen LogP contribution is 2.26. The van der Waals surface area contributed by atoms with E-state index in [2.05, 4.69) is 15.7 Å². The van der Waals surface area contributed by atoms with Crippen molar-refractivity contribution in [2.24, 2.45) is 0 Å². The number of piperidine rings is 1. The largest absolute Gasteiger partial charge is 0.495 e. The normalized spacial score (nSPS) is 14.6. The van der Waals surface area contributed by atoms with Crippen molar-refractivity contribution < 1.29 is 19.4 Å². The molecule has 0 atom stereocenters. The second-order valence-electron chi connectivity index (χ2n) is 6.53. The van der Waals surface area contributed by atoms with Gasteiger partial charge in [-0.25, -0.2) is 9.48 Å². The molecule has 28 heavy (non-hydrogen) atoms. The van der Waals surface area contributed by atoms with E-state index in [9.17, 15) is 9.59 Å². The first-order valence-electron chi connectivity index (χ1n) is 9.25. The summed E-state index contributed by atoms with van der Waals surface area (Å²) in [6, 6.07) is 8.62. The molecule has 9 heteroatoms.